The third-order valence-electron chi connectivity index (χ3n) is 2.67. The van der Waals surface area contributed by atoms with Crippen molar-refractivity contribution >= 4 is 34.7 Å². The minimum Gasteiger partial charge on any atom is -0.477 e. The van der Waals surface area contributed by atoms with E-state index in [4.69, 9.17) is 5.11 Å². The number of amides is 2. The number of aryl methyl sites for hydroxylation is 1. The maximum Gasteiger partial charge on any atom is 0.347 e. The van der Waals surface area contributed by atoms with E-state index in [9.17, 15) is 9.59 Å². The number of hydrogen-bond donors (Lipinski definition) is 3. The predicted octanol–water partition coefficient (Wildman–Crippen LogP) is 2.25. The molecule has 112 valence electrons. The number of carbonyl (C=O) groups excluding carboxylic acids is 1. The average Bonchev–Trinajstić information content (AvgIpc) is 3.06. The number of nitrogens with zero attached hydrogens (tertiary/aromatic N) is 1. The first-order valence-electron chi connectivity index (χ1n) is 6.30. The topological polar surface area (TPSA) is 91.3 Å². The van der Waals surface area contributed by atoms with Crippen LogP contribution in [0.2, 0.25) is 0 Å². The van der Waals surface area contributed by atoms with Gasteiger partial charge in [0.2, 0.25) is 0 Å². The summed E-state index contributed by atoms with van der Waals surface area (Å²) in [6.45, 7) is 2.43. The van der Waals surface area contributed by atoms with Crippen molar-refractivity contribution in [2.24, 2.45) is 0 Å². The molecular formula is C13H15N3O3S2. The van der Waals surface area contributed by atoms with E-state index < -0.39 is 5.97 Å². The Morgan fingerprint density at radius 2 is 2.19 bits per heavy atom. The minimum absolute atomic E-state index is 0.213. The van der Waals surface area contributed by atoms with Crippen LogP contribution in [0, 0.1) is 6.92 Å². The molecule has 3 N–H and O–H groups in total. The Labute approximate surface area is 129 Å². The van der Waals surface area contributed by atoms with E-state index in [1.807, 2.05) is 17.5 Å². The Balaban J connectivity index is 1.73. The molecule has 6 nitrogen and oxygen atoms in total. The molecule has 21 heavy (non-hydrogen) atoms. The number of carboxylic acid groups (broad SMARTS) is 1. The first-order chi connectivity index (χ1) is 10.1. The van der Waals surface area contributed by atoms with E-state index in [0.717, 1.165) is 17.8 Å². The number of thiazole rings is 1. The fourth-order valence-electron chi connectivity index (χ4n) is 1.70. The molecule has 8 heteroatoms. The van der Waals surface area contributed by atoms with Crippen LogP contribution in [-0.4, -0.2) is 28.6 Å². The van der Waals surface area contributed by atoms with Crippen molar-refractivity contribution in [2.75, 3.05) is 6.54 Å². The van der Waals surface area contributed by atoms with E-state index in [1.165, 1.54) is 4.88 Å². The summed E-state index contributed by atoms with van der Waals surface area (Å²) in [6, 6.07) is 3.72. The average molecular weight is 325 g/mol. The highest BCUT2D eigenvalue weighted by Crippen LogP contribution is 2.17. The van der Waals surface area contributed by atoms with Crippen molar-refractivity contribution in [1.82, 2.24) is 15.6 Å². The van der Waals surface area contributed by atoms with E-state index in [1.54, 1.807) is 18.3 Å². The van der Waals surface area contributed by atoms with Crippen LogP contribution in [0.25, 0.3) is 0 Å². The molecule has 0 spiro atoms. The molecule has 0 aromatic carbocycles. The zero-order valence-corrected chi connectivity index (χ0v) is 13.0. The molecular weight excluding hydrogens is 310 g/mol. The maximum atomic E-state index is 11.6. The summed E-state index contributed by atoms with van der Waals surface area (Å²) in [7, 11) is 0. The fraction of sp³-hybridized carbons (Fsp3) is 0.308. The lowest BCUT2D eigenvalue weighted by molar-refractivity contribution is 0.0701. The molecule has 2 heterocycles. The van der Waals surface area contributed by atoms with Crippen molar-refractivity contribution in [3.8, 4) is 0 Å². The quantitative estimate of drug-likeness (QED) is 0.759. The number of carboxylic acids is 1. The largest absolute Gasteiger partial charge is 0.477 e. The number of aromatic nitrogens is 1. The number of urea groups is 1. The van der Waals surface area contributed by atoms with Crippen molar-refractivity contribution in [2.45, 2.75) is 19.9 Å². The smallest absolute Gasteiger partial charge is 0.347 e. The zero-order chi connectivity index (χ0) is 15.2. The predicted molar refractivity (Wildman–Crippen MR) is 82.1 cm³/mol. The van der Waals surface area contributed by atoms with Gasteiger partial charge in [-0.2, -0.15) is 0 Å². The lowest BCUT2D eigenvalue weighted by Crippen LogP contribution is -2.36. The van der Waals surface area contributed by atoms with E-state index in [0.29, 0.717) is 17.2 Å². The number of hydrogen-bond acceptors (Lipinski definition) is 5. The number of carbonyl (C=O) groups is 2. The molecule has 0 aliphatic carbocycles. The van der Waals surface area contributed by atoms with Gasteiger partial charge in [-0.15, -0.1) is 22.7 Å². The van der Waals surface area contributed by atoms with Gasteiger partial charge < -0.3 is 15.7 Å². The molecule has 0 bridgehead atoms. The second-order valence-corrected chi connectivity index (χ2v) is 6.38. The van der Waals surface area contributed by atoms with Gasteiger partial charge in [0.15, 0.2) is 0 Å². The van der Waals surface area contributed by atoms with Crippen LogP contribution in [0.5, 0.6) is 0 Å². The molecule has 2 aromatic rings. The monoisotopic (exact) mass is 325 g/mol. The molecule has 0 aliphatic rings. The number of rotatable bonds is 6. The van der Waals surface area contributed by atoms with E-state index >= 15 is 0 Å². The SMILES string of the molecule is Cc1nc(CNC(=O)NCCc2cccs2)sc1C(=O)O. The van der Waals surface area contributed by atoms with E-state index in [2.05, 4.69) is 15.6 Å². The summed E-state index contributed by atoms with van der Waals surface area (Å²) in [4.78, 5) is 28.1. The van der Waals surface area contributed by atoms with Gasteiger partial charge in [-0.3, -0.25) is 0 Å². The summed E-state index contributed by atoms with van der Waals surface area (Å²) in [6.07, 6.45) is 0.796. The standard InChI is InChI=1S/C13H15N3O3S2/c1-8-11(12(17)18)21-10(16-8)7-15-13(19)14-5-4-9-3-2-6-20-9/h2-3,6H,4-5,7H2,1H3,(H,17,18)(H2,14,15,19). The molecule has 0 radical (unpaired) electrons. The Hall–Kier alpha value is -1.93. The highest BCUT2D eigenvalue weighted by molar-refractivity contribution is 7.13. The number of thiophene rings is 1. The molecule has 2 rings (SSSR count). The van der Waals surface area contributed by atoms with Crippen molar-refractivity contribution in [1.29, 1.82) is 0 Å². The fourth-order valence-corrected chi connectivity index (χ4v) is 3.25. The maximum absolute atomic E-state index is 11.6. The van der Waals surface area contributed by atoms with Gasteiger partial charge in [0.25, 0.3) is 0 Å². The lowest BCUT2D eigenvalue weighted by atomic mass is 10.3. The van der Waals surface area contributed by atoms with Crippen LogP contribution in [0.1, 0.15) is 25.3 Å². The van der Waals surface area contributed by atoms with Gasteiger partial charge in [-0.1, -0.05) is 6.07 Å². The number of aromatic carboxylic acids is 1. The summed E-state index contributed by atoms with van der Waals surface area (Å²) in [5, 5.41) is 16.9. The van der Waals surface area contributed by atoms with Crippen LogP contribution < -0.4 is 10.6 Å². The van der Waals surface area contributed by atoms with Crippen LogP contribution in [0.3, 0.4) is 0 Å². The molecule has 0 unspecified atom stereocenters. The molecule has 0 saturated carbocycles. The Morgan fingerprint density at radius 3 is 2.81 bits per heavy atom. The summed E-state index contributed by atoms with van der Waals surface area (Å²) in [5.74, 6) is -0.989. The van der Waals surface area contributed by atoms with Gasteiger partial charge in [0.1, 0.15) is 9.88 Å². The molecule has 0 atom stereocenters. The third-order valence-corrected chi connectivity index (χ3v) is 4.75. The summed E-state index contributed by atoms with van der Waals surface area (Å²) >= 11 is 2.74. The summed E-state index contributed by atoms with van der Waals surface area (Å²) in [5.41, 5.74) is 0.474. The van der Waals surface area contributed by atoms with Gasteiger partial charge in [0.05, 0.1) is 12.2 Å². The van der Waals surface area contributed by atoms with Gasteiger partial charge in [-0.05, 0) is 24.8 Å². The molecule has 2 amide bonds. The normalized spacial score (nSPS) is 10.3. The Kier molecular flexibility index (Phi) is 5.29. The second kappa shape index (κ2) is 7.19. The molecule has 0 aliphatic heterocycles. The Morgan fingerprint density at radius 1 is 1.38 bits per heavy atom. The highest BCUT2D eigenvalue weighted by atomic mass is 32.1. The molecule has 0 saturated heterocycles. The van der Waals surface area contributed by atoms with E-state index in [-0.39, 0.29) is 17.5 Å². The van der Waals surface area contributed by atoms with Gasteiger partial charge in [0, 0.05) is 11.4 Å². The first kappa shape index (κ1) is 15.5. The Bertz CT molecular complexity index is 623. The summed E-state index contributed by atoms with van der Waals surface area (Å²) < 4.78 is 0. The van der Waals surface area contributed by atoms with Crippen LogP contribution >= 0.6 is 22.7 Å². The van der Waals surface area contributed by atoms with Crippen molar-refractivity contribution < 1.29 is 14.7 Å². The zero-order valence-electron chi connectivity index (χ0n) is 11.4. The van der Waals surface area contributed by atoms with Crippen molar-refractivity contribution in [3.05, 3.63) is 38.0 Å². The van der Waals surface area contributed by atoms with Crippen molar-refractivity contribution in [3.63, 3.8) is 0 Å². The molecule has 0 fully saturated rings. The third kappa shape index (κ3) is 4.54. The van der Waals surface area contributed by atoms with Crippen LogP contribution in [-0.2, 0) is 13.0 Å². The first-order valence-corrected chi connectivity index (χ1v) is 7.99. The lowest BCUT2D eigenvalue weighted by Gasteiger charge is -2.05. The highest BCUT2D eigenvalue weighted by Gasteiger charge is 2.14. The second-order valence-electron chi connectivity index (χ2n) is 4.27. The van der Waals surface area contributed by atoms with Crippen LogP contribution in [0.15, 0.2) is 17.5 Å². The van der Waals surface area contributed by atoms with Gasteiger partial charge >= 0.3 is 12.0 Å². The van der Waals surface area contributed by atoms with Gasteiger partial charge in [-0.25, -0.2) is 14.6 Å². The van der Waals surface area contributed by atoms with Crippen LogP contribution in [0.4, 0.5) is 4.79 Å². The number of nitrogens with one attached hydrogen (secondary N) is 2. The minimum atomic E-state index is -0.989. The molecule has 2 aromatic heterocycles.